The third-order valence-electron chi connectivity index (χ3n) is 3.38. The first-order chi connectivity index (χ1) is 7.27. The van der Waals surface area contributed by atoms with Crippen molar-refractivity contribution in [3.05, 3.63) is 35.9 Å². The van der Waals surface area contributed by atoms with Crippen LogP contribution >= 0.6 is 0 Å². The predicted octanol–water partition coefficient (Wildman–Crippen LogP) is 4.16. The Morgan fingerprint density at radius 1 is 1.06 bits per heavy atom. The van der Waals surface area contributed by atoms with Crippen LogP contribution in [0.1, 0.15) is 25.8 Å². The van der Waals surface area contributed by atoms with Gasteiger partial charge in [0.2, 0.25) is 0 Å². The van der Waals surface area contributed by atoms with E-state index < -0.39 is 8.32 Å². The molecule has 0 aromatic heterocycles. The lowest BCUT2D eigenvalue weighted by Crippen LogP contribution is -2.34. The molecule has 0 spiro atoms. The largest absolute Gasteiger partial charge is 0.408 e. The van der Waals surface area contributed by atoms with E-state index in [0.717, 1.165) is 6.42 Å². The van der Waals surface area contributed by atoms with Crippen molar-refractivity contribution < 1.29 is 4.43 Å². The lowest BCUT2D eigenvalue weighted by Gasteiger charge is -2.30. The summed E-state index contributed by atoms with van der Waals surface area (Å²) in [5.41, 5.74) is 1.62. The van der Waals surface area contributed by atoms with Gasteiger partial charge in [-0.05, 0) is 37.0 Å². The Hall–Kier alpha value is -0.603. The Morgan fingerprint density at radius 2 is 1.56 bits per heavy atom. The summed E-state index contributed by atoms with van der Waals surface area (Å²) in [5, 5.41) is 0. The average Bonchev–Trinajstić information content (AvgIpc) is 2.68. The van der Waals surface area contributed by atoms with Crippen LogP contribution in [0.15, 0.2) is 30.3 Å². The maximum absolute atomic E-state index is 6.48. The Bertz CT molecular complexity index is 377. The molecule has 0 bridgehead atoms. The maximum atomic E-state index is 6.48. The molecule has 2 heteroatoms. The first-order valence-corrected chi connectivity index (χ1v) is 9.43. The number of hydrogen-bond acceptors (Lipinski definition) is 1. The van der Waals surface area contributed by atoms with Crippen LogP contribution < -0.4 is 0 Å². The van der Waals surface area contributed by atoms with Gasteiger partial charge in [0, 0.05) is 0 Å². The molecule has 1 fully saturated rings. The second kappa shape index (κ2) is 3.44. The molecule has 0 aliphatic heterocycles. The number of rotatable bonds is 3. The second-order valence-corrected chi connectivity index (χ2v) is 10.9. The SMILES string of the molecule is CC1(C)C[C@]1(O[Si](C)(C)C)c1ccccc1. The lowest BCUT2D eigenvalue weighted by atomic mass is 9.99. The summed E-state index contributed by atoms with van der Waals surface area (Å²) < 4.78 is 6.48. The molecule has 0 heterocycles. The van der Waals surface area contributed by atoms with Gasteiger partial charge in [-0.3, -0.25) is 0 Å². The van der Waals surface area contributed by atoms with Crippen LogP contribution in [0.4, 0.5) is 0 Å². The topological polar surface area (TPSA) is 9.23 Å². The van der Waals surface area contributed by atoms with Crippen molar-refractivity contribution in [1.82, 2.24) is 0 Å². The summed E-state index contributed by atoms with van der Waals surface area (Å²) in [6.07, 6.45) is 1.15. The summed E-state index contributed by atoms with van der Waals surface area (Å²) in [6.45, 7) is 11.4. The van der Waals surface area contributed by atoms with E-state index >= 15 is 0 Å². The Kier molecular flexibility index (Phi) is 2.55. The molecule has 0 saturated heterocycles. The number of benzene rings is 1. The zero-order chi connectivity index (χ0) is 12.0. The van der Waals surface area contributed by atoms with E-state index in [-0.39, 0.29) is 11.0 Å². The van der Waals surface area contributed by atoms with Gasteiger partial charge in [-0.25, -0.2) is 0 Å². The highest BCUT2D eigenvalue weighted by molar-refractivity contribution is 6.69. The van der Waals surface area contributed by atoms with Crippen molar-refractivity contribution in [2.75, 3.05) is 0 Å². The van der Waals surface area contributed by atoms with Gasteiger partial charge in [0.1, 0.15) is 0 Å². The third kappa shape index (κ3) is 1.96. The summed E-state index contributed by atoms with van der Waals surface area (Å²) in [7, 11) is -1.50. The summed E-state index contributed by atoms with van der Waals surface area (Å²) in [6, 6.07) is 10.7. The van der Waals surface area contributed by atoms with Gasteiger partial charge in [-0.15, -0.1) is 0 Å². The summed E-state index contributed by atoms with van der Waals surface area (Å²) >= 11 is 0. The van der Waals surface area contributed by atoms with Gasteiger partial charge < -0.3 is 4.43 Å². The summed E-state index contributed by atoms with van der Waals surface area (Å²) in [5.74, 6) is 0. The van der Waals surface area contributed by atoms with Crippen molar-refractivity contribution in [1.29, 1.82) is 0 Å². The molecule has 0 radical (unpaired) electrons. The molecule has 88 valence electrons. The second-order valence-electron chi connectivity index (χ2n) is 6.47. The van der Waals surface area contributed by atoms with Crippen LogP contribution in [0.25, 0.3) is 0 Å². The molecule has 1 nitrogen and oxygen atoms in total. The quantitative estimate of drug-likeness (QED) is 0.713. The van der Waals surface area contributed by atoms with Crippen LogP contribution in [0.5, 0.6) is 0 Å². The fourth-order valence-electron chi connectivity index (χ4n) is 2.53. The zero-order valence-electron chi connectivity index (χ0n) is 11.0. The monoisotopic (exact) mass is 234 g/mol. The van der Waals surface area contributed by atoms with E-state index in [4.69, 9.17) is 4.43 Å². The molecule has 1 aromatic rings. The molecule has 1 aromatic carbocycles. The minimum Gasteiger partial charge on any atom is -0.408 e. The molecule has 1 atom stereocenters. The van der Waals surface area contributed by atoms with E-state index in [1.54, 1.807) is 0 Å². The van der Waals surface area contributed by atoms with Crippen molar-refractivity contribution in [3.8, 4) is 0 Å². The van der Waals surface area contributed by atoms with Crippen LogP contribution in [-0.2, 0) is 10.0 Å². The zero-order valence-corrected chi connectivity index (χ0v) is 12.0. The molecule has 1 saturated carbocycles. The Morgan fingerprint density at radius 3 is 1.94 bits per heavy atom. The Labute approximate surface area is 100.0 Å². The minimum atomic E-state index is -1.50. The molecular weight excluding hydrogens is 212 g/mol. The fourth-order valence-corrected chi connectivity index (χ4v) is 4.05. The van der Waals surface area contributed by atoms with E-state index in [1.165, 1.54) is 5.56 Å². The first-order valence-electron chi connectivity index (χ1n) is 6.03. The minimum absolute atomic E-state index is 0.0151. The predicted molar refractivity (Wildman–Crippen MR) is 70.9 cm³/mol. The van der Waals surface area contributed by atoms with Gasteiger partial charge in [-0.1, -0.05) is 44.2 Å². The molecular formula is C14H22OSi. The maximum Gasteiger partial charge on any atom is 0.185 e. The molecule has 0 N–H and O–H groups in total. The summed E-state index contributed by atoms with van der Waals surface area (Å²) in [4.78, 5) is 0. The van der Waals surface area contributed by atoms with Crippen LogP contribution in [0, 0.1) is 5.41 Å². The van der Waals surface area contributed by atoms with Crippen molar-refractivity contribution >= 4 is 8.32 Å². The van der Waals surface area contributed by atoms with E-state index in [9.17, 15) is 0 Å². The normalized spacial score (nSPS) is 27.8. The van der Waals surface area contributed by atoms with Gasteiger partial charge >= 0.3 is 0 Å². The highest BCUT2D eigenvalue weighted by atomic mass is 28.4. The standard InChI is InChI=1S/C14H22OSi/c1-13(2)11-14(13,15-16(3,4)5)12-9-7-6-8-10-12/h6-10H,11H2,1-5H3/t14-/m0/s1. The highest BCUT2D eigenvalue weighted by Gasteiger charge is 2.64. The van der Waals surface area contributed by atoms with Gasteiger partial charge in [0.25, 0.3) is 0 Å². The smallest absolute Gasteiger partial charge is 0.185 e. The van der Waals surface area contributed by atoms with Crippen molar-refractivity contribution in [2.24, 2.45) is 5.41 Å². The van der Waals surface area contributed by atoms with Crippen LogP contribution in [-0.4, -0.2) is 8.32 Å². The van der Waals surface area contributed by atoms with Gasteiger partial charge in [-0.2, -0.15) is 0 Å². The van der Waals surface area contributed by atoms with Crippen molar-refractivity contribution in [3.63, 3.8) is 0 Å². The molecule has 16 heavy (non-hydrogen) atoms. The first kappa shape index (κ1) is 11.9. The molecule has 1 aliphatic rings. The third-order valence-corrected chi connectivity index (χ3v) is 4.34. The highest BCUT2D eigenvalue weighted by Crippen LogP contribution is 2.65. The van der Waals surface area contributed by atoms with E-state index in [2.05, 4.69) is 63.8 Å². The molecule has 2 rings (SSSR count). The number of hydrogen-bond donors (Lipinski definition) is 0. The van der Waals surface area contributed by atoms with E-state index in [0.29, 0.717) is 0 Å². The van der Waals surface area contributed by atoms with Crippen LogP contribution in [0.3, 0.4) is 0 Å². The fraction of sp³-hybridized carbons (Fsp3) is 0.571. The van der Waals surface area contributed by atoms with E-state index in [1.807, 2.05) is 0 Å². The average molecular weight is 234 g/mol. The van der Waals surface area contributed by atoms with Gasteiger partial charge in [0.05, 0.1) is 5.60 Å². The Balaban J connectivity index is 2.33. The molecule has 0 amide bonds. The lowest BCUT2D eigenvalue weighted by molar-refractivity contribution is 0.129. The van der Waals surface area contributed by atoms with Crippen LogP contribution in [0.2, 0.25) is 19.6 Å². The molecule has 1 aliphatic carbocycles. The van der Waals surface area contributed by atoms with Gasteiger partial charge in [0.15, 0.2) is 8.32 Å². The molecule has 0 unspecified atom stereocenters. The van der Waals surface area contributed by atoms with Crippen molar-refractivity contribution in [2.45, 2.75) is 45.5 Å².